The molecule has 1 saturated carbocycles. The molecule has 10 atom stereocenters. The zero-order valence-electron chi connectivity index (χ0n) is 38.6. The lowest BCUT2D eigenvalue weighted by Gasteiger charge is -2.47. The van der Waals surface area contributed by atoms with Crippen LogP contribution in [0.25, 0.3) is 17.3 Å². The van der Waals surface area contributed by atoms with Crippen molar-refractivity contribution in [3.63, 3.8) is 0 Å². The zero-order chi connectivity index (χ0) is 44.5. The number of anilines is 2. The monoisotopic (exact) mass is 874 g/mol. The van der Waals surface area contributed by atoms with Gasteiger partial charge in [0.15, 0.2) is 0 Å². The van der Waals surface area contributed by atoms with Crippen molar-refractivity contribution in [3.05, 3.63) is 202 Å². The van der Waals surface area contributed by atoms with Crippen LogP contribution in [-0.4, -0.2) is 34.8 Å². The lowest BCUT2D eigenvalue weighted by Crippen LogP contribution is -2.52. The van der Waals surface area contributed by atoms with E-state index >= 15 is 0 Å². The van der Waals surface area contributed by atoms with Crippen molar-refractivity contribution in [1.29, 1.82) is 5.26 Å². The molecule has 1 fully saturated rings. The highest BCUT2D eigenvalue weighted by Gasteiger charge is 2.52. The molecule has 3 aliphatic heterocycles. The van der Waals surface area contributed by atoms with Gasteiger partial charge in [0.1, 0.15) is 11.9 Å². The van der Waals surface area contributed by atoms with Crippen LogP contribution in [0.2, 0.25) is 0 Å². The maximum Gasteiger partial charge on any atom is 0.123 e. The van der Waals surface area contributed by atoms with Crippen molar-refractivity contribution < 1.29 is 4.74 Å². The SMILES string of the molecule is CC1(C)C2=C(c3ccccc31)c1c3c(n(C4=CC(N5c6ccccc6C6C=CC=CC65)C(C#N)CC4C4C=CC(C5CCCC6c7ccccc7OC65)N4c4ccccc4)c1CC2)C=CCC3. The molecule has 0 amide bonds. The van der Waals surface area contributed by atoms with Gasteiger partial charge in [-0.1, -0.05) is 147 Å². The number of fused-ring (bicyclic) bond motifs is 12. The number of ether oxygens (including phenoxy) is 1. The average molecular weight is 875 g/mol. The Morgan fingerprint density at radius 2 is 1.51 bits per heavy atom. The molecule has 67 heavy (non-hydrogen) atoms. The van der Waals surface area contributed by atoms with Gasteiger partial charge in [0.05, 0.1) is 36.2 Å². The smallest absolute Gasteiger partial charge is 0.123 e. The first kappa shape index (κ1) is 39.6. The maximum absolute atomic E-state index is 11.6. The van der Waals surface area contributed by atoms with Gasteiger partial charge >= 0.3 is 0 Å². The molecule has 1 aromatic heterocycles. The first-order valence-corrected chi connectivity index (χ1v) is 25.4. The summed E-state index contributed by atoms with van der Waals surface area (Å²) in [5.41, 5.74) is 18.4. The van der Waals surface area contributed by atoms with Crippen LogP contribution in [0.1, 0.15) is 109 Å². The van der Waals surface area contributed by atoms with Gasteiger partial charge in [-0.15, -0.1) is 0 Å². The van der Waals surface area contributed by atoms with E-state index in [0.29, 0.717) is 11.8 Å². The van der Waals surface area contributed by atoms with Crippen molar-refractivity contribution in [1.82, 2.24) is 4.57 Å². The van der Waals surface area contributed by atoms with Crippen LogP contribution in [0, 0.1) is 29.1 Å². The predicted octanol–water partition coefficient (Wildman–Crippen LogP) is 13.1. The van der Waals surface area contributed by atoms with Gasteiger partial charge in [-0.2, -0.15) is 5.26 Å². The summed E-state index contributed by atoms with van der Waals surface area (Å²) in [6, 6.07) is 41.5. The number of aromatic nitrogens is 1. The number of hydrogen-bond acceptors (Lipinski definition) is 4. The Morgan fingerprint density at radius 3 is 2.40 bits per heavy atom. The summed E-state index contributed by atoms with van der Waals surface area (Å²) >= 11 is 0. The van der Waals surface area contributed by atoms with Crippen LogP contribution < -0.4 is 14.5 Å². The van der Waals surface area contributed by atoms with Crippen LogP contribution in [0.15, 0.2) is 157 Å². The predicted molar refractivity (Wildman–Crippen MR) is 271 cm³/mol. The Labute approximate surface area is 395 Å². The van der Waals surface area contributed by atoms with E-state index in [1.807, 2.05) is 0 Å². The molecule has 332 valence electrons. The average Bonchev–Trinajstić information content (AvgIpc) is 4.19. The summed E-state index contributed by atoms with van der Waals surface area (Å²) < 4.78 is 9.78. The third-order valence-corrected chi connectivity index (χ3v) is 17.9. The maximum atomic E-state index is 11.6. The molecule has 14 rings (SSSR count). The van der Waals surface area contributed by atoms with E-state index < -0.39 is 0 Å². The van der Waals surface area contributed by atoms with Gasteiger partial charge in [0, 0.05) is 68.7 Å². The third kappa shape index (κ3) is 5.65. The number of benzene rings is 4. The van der Waals surface area contributed by atoms with E-state index in [1.54, 1.807) is 5.57 Å². The van der Waals surface area contributed by atoms with E-state index in [0.717, 1.165) is 44.3 Å². The first-order valence-electron chi connectivity index (χ1n) is 25.4. The molecule has 0 bridgehead atoms. The molecular formula is C62H58N4O. The van der Waals surface area contributed by atoms with Crippen LogP contribution in [-0.2, 0) is 18.3 Å². The van der Waals surface area contributed by atoms with Gasteiger partial charge < -0.3 is 19.1 Å². The Balaban J connectivity index is 0.965. The second-order valence-corrected chi connectivity index (χ2v) is 21.3. The molecule has 5 aromatic rings. The largest absolute Gasteiger partial charge is 0.489 e. The summed E-state index contributed by atoms with van der Waals surface area (Å²) in [5.74, 6) is 1.92. The Kier molecular flexibility index (Phi) is 8.87. The summed E-state index contributed by atoms with van der Waals surface area (Å²) in [7, 11) is 0. The molecule has 0 saturated heterocycles. The number of nitrogens with zero attached hydrogens (tertiary/aromatic N) is 4. The second-order valence-electron chi connectivity index (χ2n) is 21.3. The lowest BCUT2D eigenvalue weighted by atomic mass is 9.73. The van der Waals surface area contributed by atoms with Crippen LogP contribution in [0.4, 0.5) is 11.4 Å². The normalized spacial score (nSPS) is 30.9. The molecule has 10 unspecified atom stereocenters. The fourth-order valence-electron chi connectivity index (χ4n) is 15.1. The lowest BCUT2D eigenvalue weighted by molar-refractivity contribution is 0.0892. The van der Waals surface area contributed by atoms with Gasteiger partial charge in [-0.05, 0) is 109 Å². The van der Waals surface area contributed by atoms with E-state index in [9.17, 15) is 5.26 Å². The summed E-state index contributed by atoms with van der Waals surface area (Å²) in [4.78, 5) is 5.41. The minimum atomic E-state index is -0.216. The quantitative estimate of drug-likeness (QED) is 0.165. The molecule has 0 N–H and O–H groups in total. The van der Waals surface area contributed by atoms with Crippen molar-refractivity contribution in [2.24, 2.45) is 17.8 Å². The second kappa shape index (κ2) is 15.0. The highest BCUT2D eigenvalue weighted by molar-refractivity contribution is 5.95. The fourth-order valence-corrected chi connectivity index (χ4v) is 15.1. The molecule has 0 spiro atoms. The number of para-hydroxylation sites is 3. The molecule has 5 nitrogen and oxygen atoms in total. The van der Waals surface area contributed by atoms with Crippen LogP contribution in [0.5, 0.6) is 5.75 Å². The first-order chi connectivity index (χ1) is 33.0. The van der Waals surface area contributed by atoms with Crippen molar-refractivity contribution in [2.45, 2.75) is 113 Å². The molecule has 5 heteroatoms. The fraction of sp³-hybridized carbons (Fsp3) is 0.339. The van der Waals surface area contributed by atoms with Crippen LogP contribution >= 0.6 is 0 Å². The summed E-state index contributed by atoms with van der Waals surface area (Å²) in [5, 5.41) is 11.6. The molecule has 4 heterocycles. The van der Waals surface area contributed by atoms with Gasteiger partial charge in [-0.3, -0.25) is 0 Å². The summed E-state index contributed by atoms with van der Waals surface area (Å²) in [6.45, 7) is 4.91. The number of hydrogen-bond donors (Lipinski definition) is 0. The number of allylic oxidation sites excluding steroid dienone is 4. The van der Waals surface area contributed by atoms with Crippen LogP contribution in [0.3, 0.4) is 0 Å². The Morgan fingerprint density at radius 1 is 0.716 bits per heavy atom. The third-order valence-electron chi connectivity index (χ3n) is 17.9. The topological polar surface area (TPSA) is 44.4 Å². The van der Waals surface area contributed by atoms with Crippen molar-refractivity contribution in [3.8, 4) is 11.8 Å². The highest BCUT2D eigenvalue weighted by atomic mass is 16.5. The minimum absolute atomic E-state index is 0.00906. The van der Waals surface area contributed by atoms with Gasteiger partial charge in [-0.25, -0.2) is 0 Å². The zero-order valence-corrected chi connectivity index (χ0v) is 38.6. The molecule has 6 aliphatic carbocycles. The Bertz CT molecular complexity index is 3100. The van der Waals surface area contributed by atoms with E-state index in [1.165, 1.54) is 80.3 Å². The summed E-state index contributed by atoms with van der Waals surface area (Å²) in [6.07, 6.45) is 30.3. The Hall–Kier alpha value is -6.51. The van der Waals surface area contributed by atoms with Gasteiger partial charge in [0.2, 0.25) is 0 Å². The molecule has 9 aliphatic rings. The standard InChI is InChI=1S/C62H58N4O/c1-62(2)48-26-11-6-22-44(48)59-49(62)31-32-55-60(59)45-23-9-14-29-52(45)66(55)57-36-56(65-50-27-12-7-19-40(50)41-20-8-13-28-51(41)65)38(37-63)35-47(57)54-34-33-53(64(54)39-17-4-3-5-18-39)46-25-16-24-43-42-21-10-15-30-58(42)67-61(43)46/h3-8,10-15,17-22,26-30,33-34,36,38,40,43,46-47,50,53-54,56,61H,9,16,23-25,31-32,35H2,1-2H3. The van der Waals surface area contributed by atoms with E-state index in [2.05, 4.69) is 192 Å². The van der Waals surface area contributed by atoms with Crippen molar-refractivity contribution >= 4 is 28.7 Å². The number of nitriles is 1. The van der Waals surface area contributed by atoms with Gasteiger partial charge in [0.25, 0.3) is 0 Å². The minimum Gasteiger partial charge on any atom is -0.489 e. The highest BCUT2D eigenvalue weighted by Crippen LogP contribution is 2.58. The molecule has 4 aromatic carbocycles. The molecule has 0 radical (unpaired) electrons. The van der Waals surface area contributed by atoms with E-state index in [4.69, 9.17) is 4.74 Å². The number of rotatable bonds is 5. The molecular weight excluding hydrogens is 817 g/mol. The van der Waals surface area contributed by atoms with E-state index in [-0.39, 0.29) is 53.4 Å². The van der Waals surface area contributed by atoms with Crippen molar-refractivity contribution in [2.75, 3.05) is 9.80 Å².